The zero-order valence-electron chi connectivity index (χ0n) is 12.1. The van der Waals surface area contributed by atoms with E-state index in [-0.39, 0.29) is 12.0 Å². The van der Waals surface area contributed by atoms with Crippen molar-refractivity contribution < 1.29 is 5.11 Å². The lowest BCUT2D eigenvalue weighted by Crippen LogP contribution is -2.18. The second kappa shape index (κ2) is 6.23. The Bertz CT molecular complexity index is 468. The zero-order valence-corrected chi connectivity index (χ0v) is 12.1. The highest BCUT2D eigenvalue weighted by Crippen LogP contribution is 2.34. The third-order valence-electron chi connectivity index (χ3n) is 3.89. The maximum Gasteiger partial charge on any atom is 0.0528 e. The Morgan fingerprint density at radius 3 is 2.32 bits per heavy atom. The predicted molar refractivity (Wildman–Crippen MR) is 80.8 cm³/mol. The molecule has 1 fully saturated rings. The van der Waals surface area contributed by atoms with Crippen molar-refractivity contribution in [1.29, 1.82) is 0 Å². The van der Waals surface area contributed by atoms with Crippen LogP contribution in [0.1, 0.15) is 51.5 Å². The maximum atomic E-state index is 9.69. The molecule has 0 heterocycles. The van der Waals surface area contributed by atoms with E-state index in [0.717, 1.165) is 18.4 Å². The summed E-state index contributed by atoms with van der Waals surface area (Å²) in [6.45, 7) is 4.33. The third-order valence-corrected chi connectivity index (χ3v) is 3.89. The molecule has 1 nitrogen and oxygen atoms in total. The fourth-order valence-electron chi connectivity index (χ4n) is 2.60. The van der Waals surface area contributed by atoms with Crippen LogP contribution < -0.4 is 0 Å². The number of hydrogen-bond donors (Lipinski definition) is 1. The molecule has 1 heteroatoms. The number of hydrogen-bond acceptors (Lipinski definition) is 1. The number of aliphatic hydroxyl groups excluding tert-OH is 1. The molecule has 0 aromatic heterocycles. The summed E-state index contributed by atoms with van der Waals surface area (Å²) >= 11 is 0. The minimum atomic E-state index is -0.244. The largest absolute Gasteiger partial charge is 0.395 e. The topological polar surface area (TPSA) is 20.2 Å². The Kier molecular flexibility index (Phi) is 4.63. The van der Waals surface area contributed by atoms with Crippen LogP contribution in [0.25, 0.3) is 5.57 Å². The van der Waals surface area contributed by atoms with Gasteiger partial charge in [0.25, 0.3) is 0 Å². The van der Waals surface area contributed by atoms with Crippen molar-refractivity contribution in [2.45, 2.75) is 46.0 Å². The summed E-state index contributed by atoms with van der Waals surface area (Å²) < 4.78 is 0. The van der Waals surface area contributed by atoms with Crippen LogP contribution >= 0.6 is 0 Å². The SMILES string of the molecule is CC(C)(CO)C(=C=C1CCCCC1)c1ccccc1. The number of rotatable bonds is 3. The Hall–Kier alpha value is -1.30. The van der Waals surface area contributed by atoms with Gasteiger partial charge in [-0.25, -0.2) is 0 Å². The summed E-state index contributed by atoms with van der Waals surface area (Å²) in [6, 6.07) is 10.4. The van der Waals surface area contributed by atoms with Crippen molar-refractivity contribution >= 4 is 5.57 Å². The number of benzene rings is 1. The van der Waals surface area contributed by atoms with Crippen molar-refractivity contribution in [3.05, 3.63) is 47.2 Å². The molecule has 1 saturated carbocycles. The van der Waals surface area contributed by atoms with Crippen LogP contribution in [0.15, 0.2) is 41.6 Å². The normalized spacial score (nSPS) is 16.1. The van der Waals surface area contributed by atoms with Crippen molar-refractivity contribution in [2.24, 2.45) is 5.41 Å². The Morgan fingerprint density at radius 2 is 1.74 bits per heavy atom. The van der Waals surface area contributed by atoms with E-state index in [1.807, 2.05) is 6.07 Å². The standard InChI is InChI=1S/C18H24O/c1-18(2,14-19)17(16-11-7-4-8-12-16)13-15-9-5-3-6-10-15/h4,7-8,11-12,19H,3,5-6,9-10,14H2,1-2H3. The molecule has 0 bridgehead atoms. The molecule has 1 N–H and O–H groups in total. The molecule has 1 aliphatic carbocycles. The summed E-state index contributed by atoms with van der Waals surface area (Å²) in [4.78, 5) is 0. The Morgan fingerprint density at radius 1 is 1.11 bits per heavy atom. The molecule has 1 aliphatic rings. The van der Waals surface area contributed by atoms with Crippen molar-refractivity contribution in [3.63, 3.8) is 0 Å². The van der Waals surface area contributed by atoms with Crippen molar-refractivity contribution in [2.75, 3.05) is 6.61 Å². The van der Waals surface area contributed by atoms with Gasteiger partial charge in [0.2, 0.25) is 0 Å². The van der Waals surface area contributed by atoms with E-state index in [9.17, 15) is 5.11 Å². The molecule has 0 radical (unpaired) electrons. The van der Waals surface area contributed by atoms with Crippen LogP contribution in [-0.2, 0) is 0 Å². The molecule has 0 atom stereocenters. The van der Waals surface area contributed by atoms with E-state index in [0.29, 0.717) is 0 Å². The number of aliphatic hydroxyl groups is 1. The average Bonchev–Trinajstić information content (AvgIpc) is 2.46. The molecule has 1 aromatic rings. The quantitative estimate of drug-likeness (QED) is 0.785. The van der Waals surface area contributed by atoms with Gasteiger partial charge >= 0.3 is 0 Å². The summed E-state index contributed by atoms with van der Waals surface area (Å²) in [7, 11) is 0. The van der Waals surface area contributed by atoms with Crippen molar-refractivity contribution in [3.8, 4) is 0 Å². The first kappa shape index (κ1) is 14.1. The van der Waals surface area contributed by atoms with E-state index in [1.54, 1.807) is 0 Å². The highest BCUT2D eigenvalue weighted by atomic mass is 16.3. The molecule has 0 aliphatic heterocycles. The van der Waals surface area contributed by atoms with Gasteiger partial charge in [0.1, 0.15) is 0 Å². The molecule has 1 aromatic carbocycles. The van der Waals surface area contributed by atoms with Crippen LogP contribution in [0.5, 0.6) is 0 Å². The zero-order chi connectivity index (χ0) is 13.7. The maximum absolute atomic E-state index is 9.69. The Labute approximate surface area is 116 Å². The van der Waals surface area contributed by atoms with Gasteiger partial charge in [-0.1, -0.05) is 50.6 Å². The van der Waals surface area contributed by atoms with E-state index >= 15 is 0 Å². The summed E-state index contributed by atoms with van der Waals surface area (Å²) in [5.41, 5.74) is 7.14. The van der Waals surface area contributed by atoms with Gasteiger partial charge in [-0.05, 0) is 36.8 Å². The van der Waals surface area contributed by atoms with Crippen LogP contribution in [0.2, 0.25) is 0 Å². The van der Waals surface area contributed by atoms with E-state index in [1.165, 1.54) is 30.4 Å². The Balaban J connectivity index is 2.49. The molecule has 2 rings (SSSR count). The lowest BCUT2D eigenvalue weighted by atomic mass is 9.80. The second-order valence-electron chi connectivity index (χ2n) is 6.07. The summed E-state index contributed by atoms with van der Waals surface area (Å²) in [6.07, 6.45) is 6.23. The van der Waals surface area contributed by atoms with Gasteiger partial charge in [-0.15, -0.1) is 5.73 Å². The smallest absolute Gasteiger partial charge is 0.0528 e. The van der Waals surface area contributed by atoms with E-state index in [4.69, 9.17) is 0 Å². The highest BCUT2D eigenvalue weighted by Gasteiger charge is 2.24. The summed E-state index contributed by atoms with van der Waals surface area (Å²) in [5.74, 6) is 0. The molecule has 0 amide bonds. The van der Waals surface area contributed by atoms with Gasteiger partial charge in [-0.2, -0.15) is 0 Å². The predicted octanol–water partition coefficient (Wildman–Crippen LogP) is 4.58. The lowest BCUT2D eigenvalue weighted by molar-refractivity contribution is 0.207. The van der Waals surface area contributed by atoms with Crippen LogP contribution in [0.3, 0.4) is 0 Å². The van der Waals surface area contributed by atoms with Gasteiger partial charge in [0.15, 0.2) is 0 Å². The minimum absolute atomic E-state index is 0.150. The first-order chi connectivity index (χ1) is 9.13. The van der Waals surface area contributed by atoms with Crippen LogP contribution in [0.4, 0.5) is 0 Å². The highest BCUT2D eigenvalue weighted by molar-refractivity contribution is 5.69. The average molecular weight is 256 g/mol. The molecule has 102 valence electrons. The molecule has 19 heavy (non-hydrogen) atoms. The van der Waals surface area contributed by atoms with Gasteiger partial charge in [0, 0.05) is 11.0 Å². The monoisotopic (exact) mass is 256 g/mol. The molecule has 0 spiro atoms. The summed E-state index contributed by atoms with van der Waals surface area (Å²) in [5, 5.41) is 9.69. The molecular formula is C18H24O. The van der Waals surface area contributed by atoms with Crippen LogP contribution in [0, 0.1) is 5.41 Å². The van der Waals surface area contributed by atoms with Crippen molar-refractivity contribution in [1.82, 2.24) is 0 Å². The van der Waals surface area contributed by atoms with Crippen LogP contribution in [-0.4, -0.2) is 11.7 Å². The fourth-order valence-corrected chi connectivity index (χ4v) is 2.60. The first-order valence-corrected chi connectivity index (χ1v) is 7.29. The van der Waals surface area contributed by atoms with E-state index in [2.05, 4.69) is 43.8 Å². The van der Waals surface area contributed by atoms with Gasteiger partial charge in [0.05, 0.1) is 6.61 Å². The van der Waals surface area contributed by atoms with Gasteiger partial charge in [-0.3, -0.25) is 0 Å². The van der Waals surface area contributed by atoms with E-state index < -0.39 is 0 Å². The third kappa shape index (κ3) is 3.59. The first-order valence-electron chi connectivity index (χ1n) is 7.29. The molecule has 0 saturated heterocycles. The second-order valence-corrected chi connectivity index (χ2v) is 6.07. The molecular weight excluding hydrogens is 232 g/mol. The molecule has 0 unspecified atom stereocenters. The fraction of sp³-hybridized carbons (Fsp3) is 0.500. The minimum Gasteiger partial charge on any atom is -0.395 e. The lowest BCUT2D eigenvalue weighted by Gasteiger charge is -2.25. The van der Waals surface area contributed by atoms with Gasteiger partial charge < -0.3 is 5.11 Å².